The van der Waals surface area contributed by atoms with Gasteiger partial charge in [-0.1, -0.05) is 30.9 Å². The fourth-order valence-corrected chi connectivity index (χ4v) is 3.85. The number of nitrogens with one attached hydrogen (secondary N) is 1. The van der Waals surface area contributed by atoms with Gasteiger partial charge in [-0.15, -0.1) is 0 Å². The molecule has 114 valence electrons. The van der Waals surface area contributed by atoms with Gasteiger partial charge in [0, 0.05) is 19.3 Å². The molecule has 1 saturated heterocycles. The molecule has 0 bridgehead atoms. The topological polar surface area (TPSA) is 71.2 Å². The lowest BCUT2D eigenvalue weighted by atomic mass is 9.75. The van der Waals surface area contributed by atoms with Crippen LogP contribution in [0.5, 0.6) is 0 Å². The van der Waals surface area contributed by atoms with E-state index in [0.29, 0.717) is 22.3 Å². The molecule has 1 aliphatic carbocycles. The van der Waals surface area contributed by atoms with E-state index in [2.05, 4.69) is 10.4 Å². The van der Waals surface area contributed by atoms with Crippen molar-refractivity contribution in [3.8, 4) is 0 Å². The highest BCUT2D eigenvalue weighted by molar-refractivity contribution is 6.33. The molecule has 0 aromatic carbocycles. The second-order valence-electron chi connectivity index (χ2n) is 6.04. The van der Waals surface area contributed by atoms with Crippen LogP contribution in [0, 0.1) is 11.8 Å². The smallest absolute Gasteiger partial charge is 0.255 e. The number of carbonyl (C=O) groups is 1. The number of likely N-dealkylation sites (tertiary alicyclic amines) is 1. The summed E-state index contributed by atoms with van der Waals surface area (Å²) in [6.45, 7) is 1.71. The van der Waals surface area contributed by atoms with E-state index < -0.39 is 0 Å². The van der Waals surface area contributed by atoms with E-state index in [1.165, 1.54) is 31.9 Å². The largest absolute Gasteiger partial charge is 0.338 e. The molecule has 1 saturated carbocycles. The summed E-state index contributed by atoms with van der Waals surface area (Å²) in [5.41, 5.74) is 2.95. The van der Waals surface area contributed by atoms with E-state index in [0.717, 1.165) is 25.4 Å². The lowest BCUT2D eigenvalue weighted by Gasteiger charge is -2.41. The number of nitrogen functional groups attached to an aromatic ring is 1. The Hall–Kier alpha value is -1.33. The average Bonchev–Trinajstić information content (AvgIpc) is 2.53. The molecule has 3 rings (SSSR count). The number of halogens is 1. The number of carbonyl (C=O) groups excluding carboxylic acids is 1. The first-order valence-corrected chi connectivity index (χ1v) is 7.98. The van der Waals surface area contributed by atoms with E-state index >= 15 is 0 Å². The fourth-order valence-electron chi connectivity index (χ4n) is 3.63. The molecule has 5 nitrogen and oxygen atoms in total. The standard InChI is InChI=1S/C15H21ClN4O/c16-13-7-12(8-18-14(13)19-17)15(21)20-6-5-10-3-1-2-4-11(10)9-20/h7-8,10-11H,1-6,9,17H2,(H,18,19). The van der Waals surface area contributed by atoms with Gasteiger partial charge in [0.1, 0.15) is 0 Å². The van der Waals surface area contributed by atoms with Gasteiger partial charge in [-0.05, 0) is 30.7 Å². The third-order valence-electron chi connectivity index (χ3n) is 4.80. The van der Waals surface area contributed by atoms with Crippen LogP contribution in [0.2, 0.25) is 5.02 Å². The minimum Gasteiger partial charge on any atom is -0.338 e. The van der Waals surface area contributed by atoms with Crippen LogP contribution < -0.4 is 11.3 Å². The summed E-state index contributed by atoms with van der Waals surface area (Å²) in [5, 5.41) is 0.371. The summed E-state index contributed by atoms with van der Waals surface area (Å²) in [5.74, 6) is 7.20. The van der Waals surface area contributed by atoms with Crippen molar-refractivity contribution in [3.63, 3.8) is 0 Å². The van der Waals surface area contributed by atoms with Crippen LogP contribution in [0.1, 0.15) is 42.5 Å². The molecule has 1 aromatic rings. The van der Waals surface area contributed by atoms with Gasteiger partial charge >= 0.3 is 0 Å². The van der Waals surface area contributed by atoms with Crippen molar-refractivity contribution < 1.29 is 4.79 Å². The first kappa shape index (κ1) is 14.6. The van der Waals surface area contributed by atoms with E-state index in [4.69, 9.17) is 17.4 Å². The SMILES string of the molecule is NNc1ncc(C(=O)N2CCC3CCCCC3C2)cc1Cl. The zero-order chi connectivity index (χ0) is 14.8. The first-order valence-electron chi connectivity index (χ1n) is 7.60. The zero-order valence-corrected chi connectivity index (χ0v) is 12.8. The van der Waals surface area contributed by atoms with Crippen molar-refractivity contribution in [2.24, 2.45) is 17.7 Å². The number of hydrogen-bond acceptors (Lipinski definition) is 4. The second kappa shape index (κ2) is 6.20. The molecule has 0 spiro atoms. The fraction of sp³-hybridized carbons (Fsp3) is 0.600. The minimum absolute atomic E-state index is 0.0250. The Labute approximate surface area is 129 Å². The highest BCUT2D eigenvalue weighted by Crippen LogP contribution is 2.36. The van der Waals surface area contributed by atoms with E-state index in [1.807, 2.05) is 4.90 Å². The van der Waals surface area contributed by atoms with Crippen molar-refractivity contribution in [2.45, 2.75) is 32.1 Å². The van der Waals surface area contributed by atoms with Crippen LogP contribution in [-0.4, -0.2) is 28.9 Å². The van der Waals surface area contributed by atoms with Gasteiger partial charge in [0.15, 0.2) is 5.82 Å². The second-order valence-corrected chi connectivity index (χ2v) is 6.45. The molecule has 1 aromatic heterocycles. The Morgan fingerprint density at radius 1 is 1.33 bits per heavy atom. The maximum absolute atomic E-state index is 12.6. The first-order chi connectivity index (χ1) is 10.2. The highest BCUT2D eigenvalue weighted by Gasteiger charge is 2.33. The number of piperidine rings is 1. The van der Waals surface area contributed by atoms with Gasteiger partial charge in [-0.2, -0.15) is 0 Å². The number of aromatic nitrogens is 1. The molecule has 0 radical (unpaired) electrons. The molecule has 2 unspecified atom stereocenters. The maximum Gasteiger partial charge on any atom is 0.255 e. The monoisotopic (exact) mass is 308 g/mol. The molecule has 1 aliphatic heterocycles. The van der Waals surface area contributed by atoms with Gasteiger partial charge in [0.25, 0.3) is 5.91 Å². The lowest BCUT2D eigenvalue weighted by Crippen LogP contribution is -2.44. The summed E-state index contributed by atoms with van der Waals surface area (Å²) >= 11 is 6.05. The minimum atomic E-state index is 0.0250. The van der Waals surface area contributed by atoms with Crippen molar-refractivity contribution in [2.75, 3.05) is 18.5 Å². The third-order valence-corrected chi connectivity index (χ3v) is 5.09. The predicted molar refractivity (Wildman–Crippen MR) is 83.0 cm³/mol. The van der Waals surface area contributed by atoms with Crippen LogP contribution in [0.3, 0.4) is 0 Å². The molecule has 2 atom stereocenters. The number of anilines is 1. The van der Waals surface area contributed by atoms with Gasteiger partial charge in [-0.25, -0.2) is 10.8 Å². The Balaban J connectivity index is 1.71. The summed E-state index contributed by atoms with van der Waals surface area (Å²) in [4.78, 5) is 18.6. The lowest BCUT2D eigenvalue weighted by molar-refractivity contribution is 0.0520. The molecule has 2 heterocycles. The van der Waals surface area contributed by atoms with Crippen LogP contribution in [0.4, 0.5) is 5.82 Å². The molecule has 3 N–H and O–H groups in total. The molecular formula is C15H21ClN4O. The zero-order valence-electron chi connectivity index (χ0n) is 12.0. The maximum atomic E-state index is 12.6. The highest BCUT2D eigenvalue weighted by atomic mass is 35.5. The van der Waals surface area contributed by atoms with E-state index in [-0.39, 0.29) is 5.91 Å². The molecule has 1 amide bonds. The number of amides is 1. The molecule has 21 heavy (non-hydrogen) atoms. The van der Waals surface area contributed by atoms with Crippen molar-refractivity contribution in [1.82, 2.24) is 9.88 Å². The quantitative estimate of drug-likeness (QED) is 0.651. The van der Waals surface area contributed by atoms with Crippen LogP contribution >= 0.6 is 11.6 Å². The number of nitrogens with two attached hydrogens (primary N) is 1. The number of nitrogens with zero attached hydrogens (tertiary/aromatic N) is 2. The van der Waals surface area contributed by atoms with Crippen molar-refractivity contribution >= 4 is 23.3 Å². The van der Waals surface area contributed by atoms with Crippen LogP contribution in [-0.2, 0) is 0 Å². The molecule has 6 heteroatoms. The van der Waals surface area contributed by atoms with Gasteiger partial charge in [0.05, 0.1) is 10.6 Å². The normalized spacial score (nSPS) is 25.3. The Kier molecular flexibility index (Phi) is 4.31. The summed E-state index contributed by atoms with van der Waals surface area (Å²) < 4.78 is 0. The molecular weight excluding hydrogens is 288 g/mol. The number of hydrogen-bond donors (Lipinski definition) is 2. The van der Waals surface area contributed by atoms with Crippen LogP contribution in [0.25, 0.3) is 0 Å². The number of rotatable bonds is 2. The van der Waals surface area contributed by atoms with Gasteiger partial charge < -0.3 is 10.3 Å². The summed E-state index contributed by atoms with van der Waals surface area (Å²) in [6.07, 6.45) is 7.90. The van der Waals surface area contributed by atoms with E-state index in [1.54, 1.807) is 6.07 Å². The van der Waals surface area contributed by atoms with Crippen molar-refractivity contribution in [1.29, 1.82) is 0 Å². The summed E-state index contributed by atoms with van der Waals surface area (Å²) in [6, 6.07) is 1.64. The van der Waals surface area contributed by atoms with Gasteiger partial charge in [0.2, 0.25) is 0 Å². The van der Waals surface area contributed by atoms with E-state index in [9.17, 15) is 4.79 Å². The van der Waals surface area contributed by atoms with Gasteiger partial charge in [-0.3, -0.25) is 4.79 Å². The Morgan fingerprint density at radius 3 is 2.81 bits per heavy atom. The average molecular weight is 309 g/mol. The summed E-state index contributed by atoms with van der Waals surface area (Å²) in [7, 11) is 0. The van der Waals surface area contributed by atoms with Crippen molar-refractivity contribution in [3.05, 3.63) is 22.8 Å². The predicted octanol–water partition coefficient (Wildman–Crippen LogP) is 2.67. The Bertz CT molecular complexity index is 536. The third kappa shape index (κ3) is 2.99. The number of pyridine rings is 1. The van der Waals surface area contributed by atoms with Crippen LogP contribution in [0.15, 0.2) is 12.3 Å². The number of hydrazine groups is 1. The molecule has 2 aliphatic rings. The molecule has 2 fully saturated rings. The number of fused-ring (bicyclic) bond motifs is 1. The Morgan fingerprint density at radius 2 is 2.10 bits per heavy atom.